The molecule has 1 aliphatic rings. The Morgan fingerprint density at radius 2 is 1.22 bits per heavy atom. The van der Waals surface area contributed by atoms with E-state index in [4.69, 9.17) is 0 Å². The standard InChI is InChI=1S/C14H10N4/c1-3-9-11(15-5-1)12-10(4-2-6-16-12)14-13(9)17-7-8-18-14/h1-6H,7-8H2. The quantitative estimate of drug-likeness (QED) is 0.546. The second-order valence-corrected chi connectivity index (χ2v) is 4.26. The van der Waals surface area contributed by atoms with Gasteiger partial charge in [-0.05, 0) is 24.3 Å². The third-order valence-corrected chi connectivity index (χ3v) is 3.21. The van der Waals surface area contributed by atoms with Crippen molar-refractivity contribution < 1.29 is 0 Å². The molecule has 0 unspecified atom stereocenters. The molecular weight excluding hydrogens is 224 g/mol. The van der Waals surface area contributed by atoms with Crippen LogP contribution in [0.1, 0.15) is 0 Å². The zero-order valence-electron chi connectivity index (χ0n) is 9.67. The van der Waals surface area contributed by atoms with Gasteiger partial charge in [0.1, 0.15) is 0 Å². The molecule has 4 rings (SSSR count). The highest BCUT2D eigenvalue weighted by molar-refractivity contribution is 6.01. The smallest absolute Gasteiger partial charge is 0.0987 e. The Hall–Kier alpha value is -2.36. The van der Waals surface area contributed by atoms with Crippen LogP contribution in [0.4, 0.5) is 0 Å². The van der Waals surface area contributed by atoms with Gasteiger partial charge in [-0.15, -0.1) is 0 Å². The van der Waals surface area contributed by atoms with E-state index in [-0.39, 0.29) is 0 Å². The van der Waals surface area contributed by atoms with Crippen LogP contribution in [0, 0.1) is 0 Å². The summed E-state index contributed by atoms with van der Waals surface area (Å²) >= 11 is 0. The number of hydrogen-bond acceptors (Lipinski definition) is 4. The molecule has 3 heterocycles. The predicted molar refractivity (Wildman–Crippen MR) is 69.1 cm³/mol. The van der Waals surface area contributed by atoms with E-state index in [1.165, 1.54) is 0 Å². The van der Waals surface area contributed by atoms with Gasteiger partial charge in [-0.2, -0.15) is 0 Å². The van der Waals surface area contributed by atoms with E-state index >= 15 is 0 Å². The van der Waals surface area contributed by atoms with Crippen LogP contribution in [0.5, 0.6) is 0 Å². The van der Waals surface area contributed by atoms with Crippen molar-refractivity contribution >= 4 is 21.8 Å². The summed E-state index contributed by atoms with van der Waals surface area (Å²) in [5, 5.41) is 4.01. The number of nitrogens with zero attached hydrogens (tertiary/aromatic N) is 4. The first kappa shape index (κ1) is 9.65. The number of aromatic nitrogens is 2. The Balaban J connectivity index is 2.46. The maximum atomic E-state index is 4.61. The largest absolute Gasteiger partial charge is 0.280 e. The average molecular weight is 234 g/mol. The fourth-order valence-corrected chi connectivity index (χ4v) is 2.47. The SMILES string of the molecule is c1cnc2c(c1)c1c(c3cccnc32)=NCCN=1. The summed E-state index contributed by atoms with van der Waals surface area (Å²) in [6.07, 6.45) is 3.59. The van der Waals surface area contributed by atoms with Gasteiger partial charge in [0.15, 0.2) is 0 Å². The number of rotatable bonds is 0. The molecule has 3 aromatic rings. The normalized spacial score (nSPS) is 14.0. The molecule has 0 radical (unpaired) electrons. The lowest BCUT2D eigenvalue weighted by Crippen LogP contribution is -2.32. The molecule has 0 saturated heterocycles. The molecular formula is C14H10N4. The van der Waals surface area contributed by atoms with E-state index in [1.807, 2.05) is 24.3 Å². The average Bonchev–Trinajstić information content (AvgIpc) is 2.48. The molecule has 0 aliphatic carbocycles. The number of hydrogen-bond donors (Lipinski definition) is 0. The van der Waals surface area contributed by atoms with Crippen LogP contribution in [-0.2, 0) is 0 Å². The molecule has 0 atom stereocenters. The summed E-state index contributed by atoms with van der Waals surface area (Å²) in [6, 6.07) is 7.95. The maximum absolute atomic E-state index is 4.61. The van der Waals surface area contributed by atoms with E-state index in [9.17, 15) is 0 Å². The predicted octanol–water partition coefficient (Wildman–Crippen LogP) is 1.04. The molecule has 4 nitrogen and oxygen atoms in total. The van der Waals surface area contributed by atoms with Crippen molar-refractivity contribution in [2.24, 2.45) is 9.98 Å². The second kappa shape index (κ2) is 3.57. The number of benzene rings is 1. The van der Waals surface area contributed by atoms with Crippen molar-refractivity contribution in [2.45, 2.75) is 0 Å². The molecule has 0 saturated carbocycles. The van der Waals surface area contributed by atoms with Crippen molar-refractivity contribution in [3.63, 3.8) is 0 Å². The van der Waals surface area contributed by atoms with Crippen LogP contribution in [-0.4, -0.2) is 23.1 Å². The zero-order chi connectivity index (χ0) is 11.9. The van der Waals surface area contributed by atoms with Crippen molar-refractivity contribution in [1.29, 1.82) is 0 Å². The summed E-state index contributed by atoms with van der Waals surface area (Å²) in [4.78, 5) is 18.1. The molecule has 86 valence electrons. The monoisotopic (exact) mass is 234 g/mol. The lowest BCUT2D eigenvalue weighted by Gasteiger charge is -2.07. The van der Waals surface area contributed by atoms with E-state index in [2.05, 4.69) is 20.0 Å². The minimum Gasteiger partial charge on any atom is -0.280 e. The van der Waals surface area contributed by atoms with E-state index in [0.29, 0.717) is 0 Å². The van der Waals surface area contributed by atoms with Gasteiger partial charge in [0.25, 0.3) is 0 Å². The van der Waals surface area contributed by atoms with Crippen LogP contribution >= 0.6 is 0 Å². The highest BCUT2D eigenvalue weighted by Gasteiger charge is 2.10. The summed E-state index contributed by atoms with van der Waals surface area (Å²) in [5.41, 5.74) is 1.82. The Labute approximate surface area is 103 Å². The van der Waals surface area contributed by atoms with Gasteiger partial charge in [-0.25, -0.2) is 0 Å². The number of pyridine rings is 2. The van der Waals surface area contributed by atoms with Crippen LogP contribution in [0.2, 0.25) is 0 Å². The topological polar surface area (TPSA) is 50.5 Å². The Morgan fingerprint density at radius 3 is 1.72 bits per heavy atom. The van der Waals surface area contributed by atoms with Gasteiger partial charge in [0.05, 0.1) is 34.8 Å². The van der Waals surface area contributed by atoms with Crippen LogP contribution in [0.3, 0.4) is 0 Å². The van der Waals surface area contributed by atoms with Crippen LogP contribution < -0.4 is 10.7 Å². The summed E-state index contributed by atoms with van der Waals surface area (Å²) < 4.78 is 0. The lowest BCUT2D eigenvalue weighted by molar-refractivity contribution is 0.876. The van der Waals surface area contributed by atoms with Gasteiger partial charge in [0, 0.05) is 23.2 Å². The highest BCUT2D eigenvalue weighted by Crippen LogP contribution is 2.15. The van der Waals surface area contributed by atoms with Crippen LogP contribution in [0.15, 0.2) is 46.6 Å². The van der Waals surface area contributed by atoms with E-state index in [1.54, 1.807) is 12.4 Å². The molecule has 0 fully saturated rings. The van der Waals surface area contributed by atoms with Crippen molar-refractivity contribution in [3.8, 4) is 0 Å². The first-order chi connectivity index (χ1) is 8.95. The molecule has 0 amide bonds. The van der Waals surface area contributed by atoms with Crippen molar-refractivity contribution in [1.82, 2.24) is 9.97 Å². The molecule has 1 aliphatic heterocycles. The molecule has 0 N–H and O–H groups in total. The van der Waals surface area contributed by atoms with Gasteiger partial charge >= 0.3 is 0 Å². The third-order valence-electron chi connectivity index (χ3n) is 3.21. The van der Waals surface area contributed by atoms with E-state index < -0.39 is 0 Å². The molecule has 0 spiro atoms. The molecule has 2 aromatic heterocycles. The Bertz CT molecular complexity index is 809. The fraction of sp³-hybridized carbons (Fsp3) is 0.143. The highest BCUT2D eigenvalue weighted by atomic mass is 14.9. The van der Waals surface area contributed by atoms with Gasteiger partial charge in [-0.1, -0.05) is 0 Å². The first-order valence-corrected chi connectivity index (χ1v) is 5.95. The van der Waals surface area contributed by atoms with Crippen LogP contribution in [0.25, 0.3) is 21.8 Å². The van der Waals surface area contributed by atoms with Gasteiger partial charge in [0.2, 0.25) is 0 Å². The van der Waals surface area contributed by atoms with Crippen molar-refractivity contribution in [3.05, 3.63) is 47.4 Å². The minimum atomic E-state index is 0.753. The van der Waals surface area contributed by atoms with Gasteiger partial charge < -0.3 is 0 Å². The third kappa shape index (κ3) is 1.20. The Morgan fingerprint density at radius 1 is 0.722 bits per heavy atom. The minimum absolute atomic E-state index is 0.753. The molecule has 0 bridgehead atoms. The van der Waals surface area contributed by atoms with Crippen molar-refractivity contribution in [2.75, 3.05) is 13.1 Å². The summed E-state index contributed by atoms with van der Waals surface area (Å²) in [7, 11) is 0. The molecule has 18 heavy (non-hydrogen) atoms. The lowest BCUT2D eigenvalue weighted by atomic mass is 10.1. The van der Waals surface area contributed by atoms with E-state index in [0.717, 1.165) is 45.6 Å². The second-order valence-electron chi connectivity index (χ2n) is 4.26. The molecule has 4 heteroatoms. The van der Waals surface area contributed by atoms with Gasteiger partial charge in [-0.3, -0.25) is 20.0 Å². The summed E-state index contributed by atoms with van der Waals surface area (Å²) in [5.74, 6) is 0. The number of fused-ring (bicyclic) bond motifs is 6. The first-order valence-electron chi connectivity index (χ1n) is 5.95. The zero-order valence-corrected chi connectivity index (χ0v) is 9.67. The Kier molecular flexibility index (Phi) is 1.91. The summed E-state index contributed by atoms with van der Waals surface area (Å²) in [6.45, 7) is 1.51. The maximum Gasteiger partial charge on any atom is 0.0987 e. The molecule has 1 aromatic carbocycles. The fourth-order valence-electron chi connectivity index (χ4n) is 2.47.